The molecule has 7 heteroatoms. The van der Waals surface area contributed by atoms with Crippen LogP contribution in [0.5, 0.6) is 11.5 Å². The predicted molar refractivity (Wildman–Crippen MR) is 111 cm³/mol. The molecule has 0 unspecified atom stereocenters. The molecule has 0 heterocycles. The number of benzene rings is 2. The van der Waals surface area contributed by atoms with Crippen LogP contribution in [0.4, 0.5) is 5.69 Å². The molecule has 136 valence electrons. The third-order valence-electron chi connectivity index (χ3n) is 3.31. The topological polar surface area (TPSA) is 78.1 Å². The van der Waals surface area contributed by atoms with Gasteiger partial charge < -0.3 is 25.3 Å². The summed E-state index contributed by atoms with van der Waals surface area (Å²) in [6, 6.07) is 15.2. The van der Waals surface area contributed by atoms with Gasteiger partial charge >= 0.3 is 0 Å². The summed E-state index contributed by atoms with van der Waals surface area (Å²) in [6.07, 6.45) is 0. The molecule has 25 heavy (non-hydrogen) atoms. The second-order valence-electron chi connectivity index (χ2n) is 5.02. The van der Waals surface area contributed by atoms with Gasteiger partial charge in [-0.05, 0) is 42.0 Å². The van der Waals surface area contributed by atoms with Crippen LogP contribution in [0.25, 0.3) is 0 Å². The number of rotatable bonds is 8. The normalized spacial score (nSPS) is 10.7. The highest BCUT2D eigenvalue weighted by Gasteiger charge is 1.97. The zero-order chi connectivity index (χ0) is 17.2. The molecule has 0 aromatic heterocycles. The van der Waals surface area contributed by atoms with Gasteiger partial charge in [0.25, 0.3) is 0 Å². The molecule has 0 spiro atoms. The smallest absolute Gasteiger partial charge is 0.193 e. The third-order valence-corrected chi connectivity index (χ3v) is 3.31. The Kier molecular flexibility index (Phi) is 9.71. The van der Waals surface area contributed by atoms with Gasteiger partial charge in [-0.2, -0.15) is 0 Å². The Morgan fingerprint density at radius 2 is 1.52 bits per heavy atom. The zero-order valence-corrected chi connectivity index (χ0v) is 16.7. The number of methoxy groups -OCH3 is 2. The van der Waals surface area contributed by atoms with Crippen molar-refractivity contribution in [2.45, 2.75) is 6.61 Å². The van der Waals surface area contributed by atoms with E-state index in [1.54, 1.807) is 14.2 Å². The number of halogens is 1. The fourth-order valence-corrected chi connectivity index (χ4v) is 2.00. The molecule has 0 saturated carbocycles. The van der Waals surface area contributed by atoms with Crippen molar-refractivity contribution in [3.05, 3.63) is 54.1 Å². The molecule has 0 aliphatic rings. The van der Waals surface area contributed by atoms with Gasteiger partial charge in [0.05, 0.1) is 34.0 Å². The maximum atomic E-state index is 5.84. The minimum Gasteiger partial charge on any atom is -0.497 e. The van der Waals surface area contributed by atoms with E-state index in [1.807, 2.05) is 48.5 Å². The van der Waals surface area contributed by atoms with Crippen molar-refractivity contribution in [2.75, 3.05) is 32.7 Å². The molecule has 3 N–H and O–H groups in total. The van der Waals surface area contributed by atoms with E-state index in [2.05, 4.69) is 10.3 Å². The van der Waals surface area contributed by atoms with Gasteiger partial charge in [-0.3, -0.25) is 4.99 Å². The van der Waals surface area contributed by atoms with Gasteiger partial charge in [0.15, 0.2) is 5.96 Å². The molecule has 0 amide bonds. The number of nitrogens with zero attached hydrogens (tertiary/aromatic N) is 1. The van der Waals surface area contributed by atoms with Gasteiger partial charge in [-0.1, -0.05) is 12.1 Å². The lowest BCUT2D eigenvalue weighted by atomic mass is 10.2. The Morgan fingerprint density at radius 1 is 0.960 bits per heavy atom. The molecule has 0 fully saturated rings. The standard InChI is InChI=1S/C18H23N3O3.HI/c1-22-16-7-3-14(4-8-16)13-24-12-11-20-18(19)21-15-5-9-17(23-2)10-6-15;/h3-10H,11-13H2,1-2H3,(H3,19,20,21);1H. The van der Waals surface area contributed by atoms with Crippen molar-refractivity contribution in [1.29, 1.82) is 0 Å². The summed E-state index contributed by atoms with van der Waals surface area (Å²) in [5.41, 5.74) is 7.78. The summed E-state index contributed by atoms with van der Waals surface area (Å²) in [5.74, 6) is 1.98. The van der Waals surface area contributed by atoms with E-state index in [-0.39, 0.29) is 24.0 Å². The summed E-state index contributed by atoms with van der Waals surface area (Å²) in [7, 11) is 3.28. The van der Waals surface area contributed by atoms with Gasteiger partial charge in [0.1, 0.15) is 11.5 Å². The molecule has 0 radical (unpaired) electrons. The Bertz CT molecular complexity index is 646. The predicted octanol–water partition coefficient (Wildman–Crippen LogP) is 3.27. The van der Waals surface area contributed by atoms with Crippen LogP contribution in [-0.4, -0.2) is 33.3 Å². The largest absolute Gasteiger partial charge is 0.497 e. The van der Waals surface area contributed by atoms with Crippen LogP contribution >= 0.6 is 24.0 Å². The van der Waals surface area contributed by atoms with Crippen LogP contribution in [-0.2, 0) is 11.3 Å². The lowest BCUT2D eigenvalue weighted by molar-refractivity contribution is 0.128. The summed E-state index contributed by atoms with van der Waals surface area (Å²) >= 11 is 0. The number of anilines is 1. The number of aliphatic imine (C=N–C) groups is 1. The van der Waals surface area contributed by atoms with Crippen LogP contribution in [0.2, 0.25) is 0 Å². The molecule has 0 aliphatic carbocycles. The average molecular weight is 457 g/mol. The number of hydrogen-bond donors (Lipinski definition) is 2. The second kappa shape index (κ2) is 11.5. The van der Waals surface area contributed by atoms with Gasteiger partial charge in [-0.15, -0.1) is 24.0 Å². The number of nitrogens with one attached hydrogen (secondary N) is 1. The third kappa shape index (κ3) is 7.61. The molecule has 0 atom stereocenters. The van der Waals surface area contributed by atoms with Crippen LogP contribution in [0.15, 0.2) is 53.5 Å². The minimum absolute atomic E-state index is 0. The summed E-state index contributed by atoms with van der Waals surface area (Å²) < 4.78 is 15.8. The summed E-state index contributed by atoms with van der Waals surface area (Å²) in [6.45, 7) is 1.52. The maximum absolute atomic E-state index is 5.84. The van der Waals surface area contributed by atoms with E-state index in [9.17, 15) is 0 Å². The molecular weight excluding hydrogens is 433 g/mol. The van der Waals surface area contributed by atoms with Crippen LogP contribution in [0, 0.1) is 0 Å². The molecule has 2 rings (SSSR count). The van der Waals surface area contributed by atoms with E-state index in [0.717, 1.165) is 22.7 Å². The maximum Gasteiger partial charge on any atom is 0.193 e. The Balaban J connectivity index is 0.00000312. The lowest BCUT2D eigenvalue weighted by Gasteiger charge is -2.07. The number of guanidine groups is 1. The summed E-state index contributed by atoms with van der Waals surface area (Å²) in [4.78, 5) is 4.23. The Labute approximate surface area is 165 Å². The quantitative estimate of drug-likeness (QED) is 0.276. The molecule has 6 nitrogen and oxygen atoms in total. The fraction of sp³-hybridized carbons (Fsp3) is 0.278. The highest BCUT2D eigenvalue weighted by atomic mass is 127. The van der Waals surface area contributed by atoms with E-state index < -0.39 is 0 Å². The molecule has 2 aromatic rings. The van der Waals surface area contributed by atoms with Gasteiger partial charge in [0.2, 0.25) is 0 Å². The van der Waals surface area contributed by atoms with E-state index >= 15 is 0 Å². The SMILES string of the molecule is COc1ccc(COCCN=C(N)Nc2ccc(OC)cc2)cc1.I. The minimum atomic E-state index is 0. The van der Waals surface area contributed by atoms with Crippen molar-refractivity contribution in [3.8, 4) is 11.5 Å². The first kappa shape index (κ1) is 21.0. The van der Waals surface area contributed by atoms with Crippen LogP contribution in [0.1, 0.15) is 5.56 Å². The Morgan fingerprint density at radius 3 is 2.08 bits per heavy atom. The first-order chi connectivity index (χ1) is 11.7. The molecule has 2 aromatic carbocycles. The van der Waals surface area contributed by atoms with Crippen molar-refractivity contribution in [2.24, 2.45) is 10.7 Å². The molecular formula is C18H24IN3O3. The van der Waals surface area contributed by atoms with Crippen molar-refractivity contribution in [1.82, 2.24) is 0 Å². The summed E-state index contributed by atoms with van der Waals surface area (Å²) in [5, 5.41) is 3.02. The van der Waals surface area contributed by atoms with Crippen LogP contribution in [0.3, 0.4) is 0 Å². The van der Waals surface area contributed by atoms with Crippen molar-refractivity contribution in [3.63, 3.8) is 0 Å². The number of ether oxygens (including phenoxy) is 3. The fourth-order valence-electron chi connectivity index (χ4n) is 2.00. The first-order valence-electron chi connectivity index (χ1n) is 7.63. The van der Waals surface area contributed by atoms with Crippen molar-refractivity contribution >= 4 is 35.6 Å². The Hall–Kier alpha value is -2.00. The first-order valence-corrected chi connectivity index (χ1v) is 7.63. The van der Waals surface area contributed by atoms with Gasteiger partial charge in [-0.25, -0.2) is 0 Å². The molecule has 0 saturated heterocycles. The lowest BCUT2D eigenvalue weighted by Crippen LogP contribution is -2.23. The van der Waals surface area contributed by atoms with Crippen molar-refractivity contribution < 1.29 is 14.2 Å². The highest BCUT2D eigenvalue weighted by Crippen LogP contribution is 2.14. The monoisotopic (exact) mass is 457 g/mol. The molecule has 0 aliphatic heterocycles. The average Bonchev–Trinajstić information content (AvgIpc) is 2.62. The van der Waals surface area contributed by atoms with E-state index in [1.165, 1.54) is 0 Å². The van der Waals surface area contributed by atoms with Crippen LogP contribution < -0.4 is 20.5 Å². The van der Waals surface area contributed by atoms with Gasteiger partial charge in [0, 0.05) is 5.69 Å². The number of hydrogen-bond acceptors (Lipinski definition) is 4. The number of nitrogens with two attached hydrogens (primary N) is 1. The van der Waals surface area contributed by atoms with E-state index in [0.29, 0.717) is 25.7 Å². The molecule has 0 bridgehead atoms. The van der Waals surface area contributed by atoms with E-state index in [4.69, 9.17) is 19.9 Å². The highest BCUT2D eigenvalue weighted by molar-refractivity contribution is 14.0. The second-order valence-corrected chi connectivity index (χ2v) is 5.02. The zero-order valence-electron chi connectivity index (χ0n) is 14.4.